The van der Waals surface area contributed by atoms with Crippen LogP contribution in [0.25, 0.3) is 22.2 Å². The lowest BCUT2D eigenvalue weighted by molar-refractivity contribution is -0.255. The molecule has 28 heavy (non-hydrogen) atoms. The molecule has 0 spiro atoms. The molecular weight excluding hydrogens is 364 g/mol. The first-order chi connectivity index (χ1) is 13.6. The molecule has 2 aromatic heterocycles. The van der Waals surface area contributed by atoms with Crippen LogP contribution < -0.4 is 15.4 Å². The molecule has 0 aliphatic carbocycles. The highest BCUT2D eigenvalue weighted by atomic mass is 16.5. The number of carbonyl (C=O) groups excluding carboxylic acids is 1. The molecule has 2 heterocycles. The van der Waals surface area contributed by atoms with Crippen molar-refractivity contribution in [3.05, 3.63) is 70.5 Å². The van der Waals surface area contributed by atoms with Crippen LogP contribution in [0, 0.1) is 0 Å². The highest BCUT2D eigenvalue weighted by Crippen LogP contribution is 2.21. The Morgan fingerprint density at radius 3 is 2.71 bits per heavy atom. The summed E-state index contributed by atoms with van der Waals surface area (Å²) < 4.78 is 11.3. The molecule has 0 saturated carbocycles. The Morgan fingerprint density at radius 1 is 1.18 bits per heavy atom. The SMILES string of the molecule is COc1cccc(-c2noc(Cn3nc(C(=O)[O-])c4ccccc4c3=O)n2)c1. The minimum atomic E-state index is -1.48. The lowest BCUT2D eigenvalue weighted by Crippen LogP contribution is -2.31. The van der Waals surface area contributed by atoms with Crippen LogP contribution in [-0.4, -0.2) is 33.0 Å². The van der Waals surface area contributed by atoms with Gasteiger partial charge in [0, 0.05) is 10.9 Å². The molecule has 0 aliphatic heterocycles. The number of benzene rings is 2. The molecule has 0 bridgehead atoms. The van der Waals surface area contributed by atoms with Crippen LogP contribution in [0.2, 0.25) is 0 Å². The minimum absolute atomic E-state index is 0.104. The van der Waals surface area contributed by atoms with E-state index in [4.69, 9.17) is 9.26 Å². The van der Waals surface area contributed by atoms with E-state index in [1.807, 2.05) is 0 Å². The largest absolute Gasteiger partial charge is 0.543 e. The molecule has 2 aromatic carbocycles. The third kappa shape index (κ3) is 3.09. The van der Waals surface area contributed by atoms with Crippen LogP contribution in [0.1, 0.15) is 16.4 Å². The maximum absolute atomic E-state index is 12.6. The Kier molecular flexibility index (Phi) is 4.32. The summed E-state index contributed by atoms with van der Waals surface area (Å²) in [7, 11) is 1.55. The minimum Gasteiger partial charge on any atom is -0.543 e. The van der Waals surface area contributed by atoms with Crippen molar-refractivity contribution in [1.29, 1.82) is 0 Å². The predicted octanol–water partition coefficient (Wildman–Crippen LogP) is 0.867. The normalized spacial score (nSPS) is 10.9. The highest BCUT2D eigenvalue weighted by molar-refractivity contribution is 6.00. The summed E-state index contributed by atoms with van der Waals surface area (Å²) in [5.41, 5.74) is -0.131. The van der Waals surface area contributed by atoms with E-state index in [2.05, 4.69) is 15.2 Å². The molecule has 0 N–H and O–H groups in total. The lowest BCUT2D eigenvalue weighted by Gasteiger charge is -2.09. The van der Waals surface area contributed by atoms with Crippen molar-refractivity contribution in [2.24, 2.45) is 0 Å². The molecule has 9 heteroatoms. The van der Waals surface area contributed by atoms with Gasteiger partial charge in [-0.05, 0) is 18.2 Å². The van der Waals surface area contributed by atoms with Crippen molar-refractivity contribution in [3.8, 4) is 17.1 Å². The first-order valence-corrected chi connectivity index (χ1v) is 8.25. The number of carboxylic acid groups (broad SMARTS) is 1. The topological polar surface area (TPSA) is 123 Å². The molecule has 0 amide bonds. The zero-order chi connectivity index (χ0) is 19.7. The van der Waals surface area contributed by atoms with Crippen molar-refractivity contribution < 1.29 is 19.2 Å². The fraction of sp³-hybridized carbons (Fsp3) is 0.105. The van der Waals surface area contributed by atoms with Gasteiger partial charge in [0.2, 0.25) is 11.7 Å². The number of rotatable bonds is 5. The number of carboxylic acids is 1. The number of carbonyl (C=O) groups is 1. The molecule has 0 aliphatic rings. The Morgan fingerprint density at radius 2 is 1.96 bits per heavy atom. The van der Waals surface area contributed by atoms with Crippen LogP contribution >= 0.6 is 0 Å². The molecule has 4 aromatic rings. The molecule has 0 saturated heterocycles. The Bertz CT molecular complexity index is 1240. The van der Waals surface area contributed by atoms with E-state index in [0.717, 1.165) is 4.68 Å². The lowest BCUT2D eigenvalue weighted by atomic mass is 10.1. The standard InChI is InChI=1S/C19H14N4O5/c1-27-12-6-4-5-11(9-12)17-20-15(28-22-17)10-23-18(24)14-8-3-2-7-13(14)16(21-23)19(25)26/h2-9H,10H2,1H3,(H,25,26)/p-1. The monoisotopic (exact) mass is 377 g/mol. The summed E-state index contributed by atoms with van der Waals surface area (Å²) in [5.74, 6) is -0.433. The summed E-state index contributed by atoms with van der Waals surface area (Å²) in [6.07, 6.45) is 0. The van der Waals surface area contributed by atoms with Gasteiger partial charge < -0.3 is 19.2 Å². The average molecular weight is 377 g/mol. The second-order valence-corrected chi connectivity index (χ2v) is 5.89. The second kappa shape index (κ2) is 6.95. The summed E-state index contributed by atoms with van der Waals surface area (Å²) >= 11 is 0. The average Bonchev–Trinajstić information content (AvgIpc) is 3.18. The van der Waals surface area contributed by atoms with E-state index in [0.29, 0.717) is 17.1 Å². The van der Waals surface area contributed by atoms with Gasteiger partial charge in [-0.1, -0.05) is 35.5 Å². The van der Waals surface area contributed by atoms with Gasteiger partial charge in [-0.25, -0.2) is 4.68 Å². The van der Waals surface area contributed by atoms with Gasteiger partial charge in [-0.2, -0.15) is 10.1 Å². The summed E-state index contributed by atoms with van der Waals surface area (Å²) in [6, 6.07) is 13.4. The molecule has 0 radical (unpaired) electrons. The summed E-state index contributed by atoms with van der Waals surface area (Å²) in [6.45, 7) is -0.180. The predicted molar refractivity (Wildman–Crippen MR) is 95.7 cm³/mol. The first kappa shape index (κ1) is 17.4. The van der Waals surface area contributed by atoms with E-state index in [1.54, 1.807) is 43.5 Å². The quantitative estimate of drug-likeness (QED) is 0.502. The number of aromatic carboxylic acids is 1. The molecule has 0 unspecified atom stereocenters. The van der Waals surface area contributed by atoms with Crippen LogP contribution in [0.5, 0.6) is 5.75 Å². The maximum Gasteiger partial charge on any atom is 0.275 e. The summed E-state index contributed by atoms with van der Waals surface area (Å²) in [5, 5.41) is 19.6. The van der Waals surface area contributed by atoms with Gasteiger partial charge in [-0.15, -0.1) is 0 Å². The van der Waals surface area contributed by atoms with Crippen molar-refractivity contribution in [2.75, 3.05) is 7.11 Å². The number of hydrogen-bond donors (Lipinski definition) is 0. The highest BCUT2D eigenvalue weighted by Gasteiger charge is 2.15. The number of hydrogen-bond acceptors (Lipinski definition) is 8. The van der Waals surface area contributed by atoms with Crippen molar-refractivity contribution in [2.45, 2.75) is 6.54 Å². The smallest absolute Gasteiger partial charge is 0.275 e. The third-order valence-corrected chi connectivity index (χ3v) is 4.14. The number of methoxy groups -OCH3 is 1. The van der Waals surface area contributed by atoms with Crippen molar-refractivity contribution >= 4 is 16.7 Å². The number of aromatic nitrogens is 4. The van der Waals surface area contributed by atoms with Crippen LogP contribution in [-0.2, 0) is 6.54 Å². The van der Waals surface area contributed by atoms with Gasteiger partial charge >= 0.3 is 0 Å². The van der Waals surface area contributed by atoms with Crippen molar-refractivity contribution in [1.82, 2.24) is 19.9 Å². The summed E-state index contributed by atoms with van der Waals surface area (Å²) in [4.78, 5) is 28.3. The molecule has 0 fully saturated rings. The molecular formula is C19H13N4O5-. The number of nitrogens with zero attached hydrogens (tertiary/aromatic N) is 4. The Balaban J connectivity index is 1.73. The van der Waals surface area contributed by atoms with E-state index < -0.39 is 11.5 Å². The zero-order valence-corrected chi connectivity index (χ0v) is 14.7. The van der Waals surface area contributed by atoms with Gasteiger partial charge in [0.1, 0.15) is 18.0 Å². The first-order valence-electron chi connectivity index (χ1n) is 8.25. The van der Waals surface area contributed by atoms with Gasteiger partial charge in [0.25, 0.3) is 5.56 Å². The molecule has 4 rings (SSSR count). The van der Waals surface area contributed by atoms with Crippen molar-refractivity contribution in [3.63, 3.8) is 0 Å². The fourth-order valence-electron chi connectivity index (χ4n) is 2.82. The maximum atomic E-state index is 12.6. The Labute approximate surface area is 157 Å². The van der Waals surface area contributed by atoms with Gasteiger partial charge in [0.05, 0.1) is 18.5 Å². The van der Waals surface area contributed by atoms with E-state index >= 15 is 0 Å². The van der Waals surface area contributed by atoms with E-state index in [9.17, 15) is 14.7 Å². The van der Waals surface area contributed by atoms with E-state index in [-0.39, 0.29) is 28.9 Å². The molecule has 140 valence electrons. The number of ether oxygens (including phenoxy) is 1. The fourth-order valence-corrected chi connectivity index (χ4v) is 2.82. The Hall–Kier alpha value is -4.01. The zero-order valence-electron chi connectivity index (χ0n) is 14.7. The van der Waals surface area contributed by atoms with Gasteiger partial charge in [-0.3, -0.25) is 4.79 Å². The van der Waals surface area contributed by atoms with E-state index in [1.165, 1.54) is 12.1 Å². The molecule has 0 atom stereocenters. The van der Waals surface area contributed by atoms with Crippen LogP contribution in [0.15, 0.2) is 57.8 Å². The second-order valence-electron chi connectivity index (χ2n) is 5.89. The van der Waals surface area contributed by atoms with Crippen LogP contribution in [0.4, 0.5) is 0 Å². The number of fused-ring (bicyclic) bond motifs is 1. The van der Waals surface area contributed by atoms with Gasteiger partial charge in [0.15, 0.2) is 0 Å². The third-order valence-electron chi connectivity index (χ3n) is 4.14. The molecule has 9 nitrogen and oxygen atoms in total. The van der Waals surface area contributed by atoms with Crippen LogP contribution in [0.3, 0.4) is 0 Å².